The molecule has 22 N–H and O–H groups in total. The predicted octanol–water partition coefficient (Wildman–Crippen LogP) is 16.2. The van der Waals surface area contributed by atoms with Crippen molar-refractivity contribution < 1.29 is 19.8 Å². The van der Waals surface area contributed by atoms with Crippen molar-refractivity contribution in [3.63, 3.8) is 0 Å². The Hall–Kier alpha value is -8.06. The molecule has 0 saturated heterocycles. The largest absolute Gasteiger partial charge is 0.481 e. The molecule has 0 aliphatic heterocycles. The van der Waals surface area contributed by atoms with Gasteiger partial charge in [0.1, 0.15) is 0 Å². The van der Waals surface area contributed by atoms with Crippen LogP contribution in [0, 0.1) is 0 Å². The van der Waals surface area contributed by atoms with E-state index in [4.69, 9.17) is 102 Å². The molecular formula is C72H116Cl4N20O4. The molecule has 0 heterocycles. The van der Waals surface area contributed by atoms with E-state index in [1.807, 2.05) is 0 Å². The lowest BCUT2D eigenvalue weighted by molar-refractivity contribution is -0.138. The standard InChI is InChI=1S/2C22H30Cl2N10.2C14H28O2/c2*23-15-5-9-17(10-6-15)31-21(27)33-19(25)29-13-3-1-2-4-14-30-20(26)34-22(28)32-18-11-7-16(24)8-12-18;2*1-2-3-4-5-6-7-8-9-10-11-12-13-14(15)16/h2*5-12H,1-4,13-14H2,(H5,25,27,29,31,33)(H5,26,28,30,32,34);2*2-13H2,1H3,(H,15,16). The number of benzene rings is 4. The van der Waals surface area contributed by atoms with Gasteiger partial charge in [-0.1, -0.05) is 214 Å². The maximum atomic E-state index is 10.3. The van der Waals surface area contributed by atoms with Crippen molar-refractivity contribution in [2.45, 2.75) is 219 Å². The third kappa shape index (κ3) is 56.8. The molecular weight excluding hydrogens is 1350 g/mol. The van der Waals surface area contributed by atoms with Gasteiger partial charge in [-0.15, -0.1) is 0 Å². The number of rotatable bonds is 42. The highest BCUT2D eigenvalue weighted by molar-refractivity contribution is 6.31. The van der Waals surface area contributed by atoms with Gasteiger partial charge in [0, 0.05) is 81.9 Å². The molecule has 0 atom stereocenters. The molecule has 24 nitrogen and oxygen atoms in total. The van der Waals surface area contributed by atoms with Gasteiger partial charge in [0.15, 0.2) is 0 Å². The zero-order chi connectivity index (χ0) is 73.6. The summed E-state index contributed by atoms with van der Waals surface area (Å²) in [5.41, 5.74) is 49.5. The van der Waals surface area contributed by atoms with E-state index >= 15 is 0 Å². The number of nitrogens with one attached hydrogen (secondary N) is 4. The van der Waals surface area contributed by atoms with Crippen molar-refractivity contribution in [1.82, 2.24) is 0 Å². The van der Waals surface area contributed by atoms with Crippen molar-refractivity contribution in [2.24, 2.45) is 85.8 Å². The minimum absolute atomic E-state index is 0.124. The number of hydrogen-bond acceptors (Lipinski definition) is 6. The summed E-state index contributed by atoms with van der Waals surface area (Å²) in [6.07, 6.45) is 36.1. The first-order chi connectivity index (χ1) is 48.2. The second-order valence-corrected chi connectivity index (χ2v) is 25.4. The van der Waals surface area contributed by atoms with Gasteiger partial charge in [-0.05, 0) is 136 Å². The molecule has 0 fully saturated rings. The summed E-state index contributed by atoms with van der Waals surface area (Å²) in [5.74, 6) is -0.185. The van der Waals surface area contributed by atoms with Crippen molar-refractivity contribution in [2.75, 3.05) is 47.4 Å². The number of anilines is 4. The number of hydrogen-bond donors (Lipinski definition) is 14. The second-order valence-electron chi connectivity index (χ2n) is 23.7. The first-order valence-electron chi connectivity index (χ1n) is 35.3. The SMILES string of the molecule is CCCCCCCCCCCCCC(=O)O.CCCCCCCCCCCCCC(=O)O.NC(=NCCCCCCN=C(N)N=C(N)Nc1ccc(Cl)cc1)N=C(N)Nc1ccc(Cl)cc1.NC(=NCCCCCCN=C(N)N=C(N)Nc1ccc(Cl)cc1)N=C(N)Nc1ccc(Cl)cc1. The lowest BCUT2D eigenvalue weighted by atomic mass is 10.1. The number of halogens is 4. The molecule has 100 heavy (non-hydrogen) atoms. The van der Waals surface area contributed by atoms with Gasteiger partial charge in [-0.2, -0.15) is 20.0 Å². The summed E-state index contributed by atoms with van der Waals surface area (Å²) >= 11 is 23.4. The molecule has 4 aromatic rings. The molecule has 0 amide bonds. The molecule has 556 valence electrons. The van der Waals surface area contributed by atoms with Crippen LogP contribution in [0.2, 0.25) is 20.1 Å². The quantitative estimate of drug-likeness (QED) is 0.0111. The Bertz CT molecular complexity index is 2670. The number of nitrogens with zero attached hydrogens (tertiary/aromatic N) is 8. The van der Waals surface area contributed by atoms with Crippen molar-refractivity contribution in [1.29, 1.82) is 0 Å². The van der Waals surface area contributed by atoms with Gasteiger partial charge in [0.25, 0.3) is 0 Å². The van der Waals surface area contributed by atoms with Crippen LogP contribution < -0.4 is 67.1 Å². The molecule has 0 aliphatic carbocycles. The summed E-state index contributed by atoms with van der Waals surface area (Å²) in [4.78, 5) is 53.5. The van der Waals surface area contributed by atoms with Gasteiger partial charge in [0.05, 0.1) is 0 Å². The maximum Gasteiger partial charge on any atom is 0.303 e. The summed E-state index contributed by atoms with van der Waals surface area (Å²) in [5, 5.41) is 31.1. The number of carboxylic acid groups (broad SMARTS) is 2. The molecule has 0 aliphatic rings. The molecule has 0 aromatic heterocycles. The summed E-state index contributed by atoms with van der Waals surface area (Å²) in [6.45, 7) is 6.74. The van der Waals surface area contributed by atoms with Crippen LogP contribution in [0.15, 0.2) is 137 Å². The third-order valence-corrected chi connectivity index (χ3v) is 15.6. The van der Waals surface area contributed by atoms with E-state index in [9.17, 15) is 9.59 Å². The van der Waals surface area contributed by atoms with Crippen molar-refractivity contribution in [3.8, 4) is 0 Å². The number of carbonyl (C=O) groups is 2. The summed E-state index contributed by atoms with van der Waals surface area (Å²) in [6, 6.07) is 28.3. The van der Waals surface area contributed by atoms with Crippen molar-refractivity contribution in [3.05, 3.63) is 117 Å². The van der Waals surface area contributed by atoms with Gasteiger partial charge in [0.2, 0.25) is 47.7 Å². The van der Waals surface area contributed by atoms with Crippen LogP contribution in [0.4, 0.5) is 22.7 Å². The van der Waals surface area contributed by atoms with Crippen LogP contribution in [0.25, 0.3) is 0 Å². The van der Waals surface area contributed by atoms with E-state index in [1.165, 1.54) is 116 Å². The molecule has 0 radical (unpaired) electrons. The number of guanidine groups is 8. The molecule has 4 aromatic carbocycles. The van der Waals surface area contributed by atoms with E-state index in [1.54, 1.807) is 97.1 Å². The van der Waals surface area contributed by atoms with Crippen LogP contribution in [0.1, 0.15) is 219 Å². The minimum Gasteiger partial charge on any atom is -0.481 e. The van der Waals surface area contributed by atoms with Crippen LogP contribution in [0.5, 0.6) is 0 Å². The predicted molar refractivity (Wildman–Crippen MR) is 427 cm³/mol. The highest BCUT2D eigenvalue weighted by atomic mass is 35.5. The highest BCUT2D eigenvalue weighted by Gasteiger charge is 2.04. The Morgan fingerprint density at radius 1 is 0.290 bits per heavy atom. The van der Waals surface area contributed by atoms with Gasteiger partial charge >= 0.3 is 11.9 Å². The van der Waals surface area contributed by atoms with Crippen LogP contribution in [0.3, 0.4) is 0 Å². The Morgan fingerprint density at radius 3 is 0.640 bits per heavy atom. The smallest absolute Gasteiger partial charge is 0.303 e. The summed E-state index contributed by atoms with van der Waals surface area (Å²) in [7, 11) is 0. The normalized spacial score (nSPS) is 12.3. The van der Waals surface area contributed by atoms with Gasteiger partial charge in [-0.25, -0.2) is 0 Å². The number of nitrogens with two attached hydrogens (primary N) is 8. The van der Waals surface area contributed by atoms with E-state index in [0.29, 0.717) is 59.1 Å². The fraction of sp³-hybridized carbons (Fsp3) is 0.528. The lowest BCUT2D eigenvalue weighted by Crippen LogP contribution is -2.26. The zero-order valence-corrected chi connectivity index (χ0v) is 62.1. The van der Waals surface area contributed by atoms with Crippen LogP contribution in [-0.2, 0) is 9.59 Å². The summed E-state index contributed by atoms with van der Waals surface area (Å²) < 4.78 is 0. The monoisotopic (exact) mass is 1460 g/mol. The molecule has 0 spiro atoms. The van der Waals surface area contributed by atoms with E-state index < -0.39 is 11.9 Å². The Kier molecular flexibility index (Phi) is 54.7. The topological polar surface area (TPSA) is 430 Å². The number of carboxylic acids is 2. The van der Waals surface area contributed by atoms with Crippen molar-refractivity contribution >= 4 is 129 Å². The Labute approximate surface area is 614 Å². The first-order valence-corrected chi connectivity index (χ1v) is 36.8. The van der Waals surface area contributed by atoms with Gasteiger partial charge in [-0.3, -0.25) is 29.6 Å². The minimum atomic E-state index is -0.657. The molecule has 0 saturated carbocycles. The fourth-order valence-corrected chi connectivity index (χ4v) is 9.78. The average Bonchev–Trinajstić information content (AvgIpc) is 1.33. The number of aliphatic carboxylic acids is 2. The molecule has 28 heteroatoms. The first kappa shape index (κ1) is 90.0. The highest BCUT2D eigenvalue weighted by Crippen LogP contribution is 2.18. The van der Waals surface area contributed by atoms with Crippen LogP contribution >= 0.6 is 46.4 Å². The Balaban J connectivity index is 0.000000709. The second kappa shape index (κ2) is 60.9. The molecule has 4 rings (SSSR count). The van der Waals surface area contributed by atoms with E-state index in [2.05, 4.69) is 75.1 Å². The average molecular weight is 1470 g/mol. The molecule has 0 unspecified atom stereocenters. The van der Waals surface area contributed by atoms with E-state index in [-0.39, 0.29) is 47.7 Å². The number of unbranched alkanes of at least 4 members (excludes halogenated alkanes) is 26. The lowest BCUT2D eigenvalue weighted by Gasteiger charge is -2.05. The van der Waals surface area contributed by atoms with Gasteiger partial charge < -0.3 is 77.3 Å². The van der Waals surface area contributed by atoms with Crippen LogP contribution in [-0.4, -0.2) is 96.0 Å². The van der Waals surface area contributed by atoms with E-state index in [0.717, 1.165) is 99.8 Å². The fourth-order valence-electron chi connectivity index (χ4n) is 9.28. The molecule has 0 bridgehead atoms. The zero-order valence-electron chi connectivity index (χ0n) is 59.1. The maximum absolute atomic E-state index is 10.3. The third-order valence-electron chi connectivity index (χ3n) is 14.6. The Morgan fingerprint density at radius 2 is 0.460 bits per heavy atom. The number of aliphatic imine (C=N–C) groups is 8.